The highest BCUT2D eigenvalue weighted by Gasteiger charge is 2.29. The topological polar surface area (TPSA) is 63.6 Å². The van der Waals surface area contributed by atoms with Crippen LogP contribution in [0.5, 0.6) is 0 Å². The number of fused-ring (bicyclic) bond motifs is 1. The van der Waals surface area contributed by atoms with Crippen molar-refractivity contribution in [3.05, 3.63) is 70.8 Å². The lowest BCUT2D eigenvalue weighted by molar-refractivity contribution is 0.0246. The molecule has 0 aromatic heterocycles. The molecule has 2 aromatic carbocycles. The van der Waals surface area contributed by atoms with Gasteiger partial charge >= 0.3 is 11.9 Å². The Hall–Kier alpha value is -2.62. The van der Waals surface area contributed by atoms with Gasteiger partial charge in [-0.3, -0.25) is 0 Å². The molecular weight excluding hydrogens is 256 g/mol. The SMILES string of the molecule is O=C1OC(c2ccccc2C(=O)O)Cc2ccccc21. The molecule has 1 atom stereocenters. The van der Waals surface area contributed by atoms with Crippen LogP contribution in [0.1, 0.15) is 37.9 Å². The van der Waals surface area contributed by atoms with Gasteiger partial charge in [-0.25, -0.2) is 9.59 Å². The summed E-state index contributed by atoms with van der Waals surface area (Å²) in [7, 11) is 0. The highest BCUT2D eigenvalue weighted by atomic mass is 16.5. The van der Waals surface area contributed by atoms with Crippen molar-refractivity contribution in [2.75, 3.05) is 0 Å². The van der Waals surface area contributed by atoms with Crippen LogP contribution in [0.2, 0.25) is 0 Å². The lowest BCUT2D eigenvalue weighted by Crippen LogP contribution is -2.23. The number of carboxylic acids is 1. The van der Waals surface area contributed by atoms with Crippen molar-refractivity contribution in [3.8, 4) is 0 Å². The Bertz CT molecular complexity index is 690. The van der Waals surface area contributed by atoms with Crippen LogP contribution in [0.3, 0.4) is 0 Å². The van der Waals surface area contributed by atoms with E-state index in [2.05, 4.69) is 0 Å². The monoisotopic (exact) mass is 268 g/mol. The summed E-state index contributed by atoms with van der Waals surface area (Å²) >= 11 is 0. The molecule has 0 amide bonds. The third-order valence-corrected chi connectivity index (χ3v) is 3.43. The van der Waals surface area contributed by atoms with E-state index in [1.54, 1.807) is 30.3 Å². The maximum Gasteiger partial charge on any atom is 0.339 e. The number of carboxylic acid groups (broad SMARTS) is 1. The number of ether oxygens (including phenoxy) is 1. The molecule has 0 radical (unpaired) electrons. The van der Waals surface area contributed by atoms with Crippen LogP contribution in [0.15, 0.2) is 48.5 Å². The molecule has 1 heterocycles. The molecule has 1 aliphatic rings. The van der Waals surface area contributed by atoms with E-state index >= 15 is 0 Å². The van der Waals surface area contributed by atoms with Gasteiger partial charge in [0.05, 0.1) is 11.1 Å². The lowest BCUT2D eigenvalue weighted by atomic mass is 9.92. The minimum absolute atomic E-state index is 0.171. The Morgan fingerprint density at radius 2 is 1.80 bits per heavy atom. The third kappa shape index (κ3) is 2.05. The number of cyclic esters (lactones) is 1. The van der Waals surface area contributed by atoms with Gasteiger partial charge in [-0.05, 0) is 17.7 Å². The first-order valence-corrected chi connectivity index (χ1v) is 6.28. The molecule has 1 unspecified atom stereocenters. The number of rotatable bonds is 2. The van der Waals surface area contributed by atoms with E-state index in [1.165, 1.54) is 6.07 Å². The van der Waals surface area contributed by atoms with E-state index < -0.39 is 18.0 Å². The van der Waals surface area contributed by atoms with Crippen LogP contribution < -0.4 is 0 Å². The molecule has 3 rings (SSSR count). The molecule has 1 aliphatic heterocycles. The van der Waals surface area contributed by atoms with Gasteiger partial charge in [-0.15, -0.1) is 0 Å². The standard InChI is InChI=1S/C16H12O4/c17-15(18)13-8-4-3-7-12(13)14-9-10-5-1-2-6-11(10)16(19)20-14/h1-8,14H,9H2,(H,17,18). The fourth-order valence-electron chi connectivity index (χ4n) is 2.48. The van der Waals surface area contributed by atoms with Crippen LogP contribution in [0.4, 0.5) is 0 Å². The summed E-state index contributed by atoms with van der Waals surface area (Å²) in [5.41, 5.74) is 2.14. The first-order valence-electron chi connectivity index (χ1n) is 6.28. The van der Waals surface area contributed by atoms with Gasteiger partial charge in [-0.1, -0.05) is 36.4 Å². The van der Waals surface area contributed by atoms with Gasteiger partial charge < -0.3 is 9.84 Å². The van der Waals surface area contributed by atoms with Gasteiger partial charge in [0.2, 0.25) is 0 Å². The third-order valence-electron chi connectivity index (χ3n) is 3.43. The number of esters is 1. The summed E-state index contributed by atoms with van der Waals surface area (Å²) in [6.07, 6.45) is -0.0589. The van der Waals surface area contributed by atoms with Gasteiger partial charge in [0.1, 0.15) is 6.10 Å². The van der Waals surface area contributed by atoms with E-state index in [0.29, 0.717) is 17.5 Å². The zero-order valence-corrected chi connectivity index (χ0v) is 10.6. The number of aromatic carboxylic acids is 1. The Morgan fingerprint density at radius 1 is 1.10 bits per heavy atom. The summed E-state index contributed by atoms with van der Waals surface area (Å²) in [6.45, 7) is 0. The van der Waals surface area contributed by atoms with Gasteiger partial charge in [0.15, 0.2) is 0 Å². The Kier molecular flexibility index (Phi) is 2.99. The van der Waals surface area contributed by atoms with Crippen LogP contribution in [0, 0.1) is 0 Å². The van der Waals surface area contributed by atoms with Crippen molar-refractivity contribution >= 4 is 11.9 Å². The van der Waals surface area contributed by atoms with Crippen molar-refractivity contribution in [2.45, 2.75) is 12.5 Å². The zero-order valence-electron chi connectivity index (χ0n) is 10.6. The van der Waals surface area contributed by atoms with E-state index in [9.17, 15) is 14.7 Å². The second kappa shape index (κ2) is 4.81. The van der Waals surface area contributed by atoms with Gasteiger partial charge in [-0.2, -0.15) is 0 Å². The Balaban J connectivity index is 2.02. The summed E-state index contributed by atoms with van der Waals surface area (Å²) in [4.78, 5) is 23.2. The van der Waals surface area contributed by atoms with Crippen LogP contribution >= 0.6 is 0 Å². The smallest absolute Gasteiger partial charge is 0.339 e. The average Bonchev–Trinajstić information content (AvgIpc) is 2.47. The van der Waals surface area contributed by atoms with Crippen molar-refractivity contribution in [2.24, 2.45) is 0 Å². The molecule has 0 bridgehead atoms. The van der Waals surface area contributed by atoms with Crippen molar-refractivity contribution in [1.29, 1.82) is 0 Å². The highest BCUT2D eigenvalue weighted by molar-refractivity contribution is 5.93. The van der Waals surface area contributed by atoms with Crippen LogP contribution in [0.25, 0.3) is 0 Å². The quantitative estimate of drug-likeness (QED) is 0.851. The Morgan fingerprint density at radius 3 is 2.60 bits per heavy atom. The second-order valence-corrected chi connectivity index (χ2v) is 4.65. The lowest BCUT2D eigenvalue weighted by Gasteiger charge is -2.25. The summed E-state index contributed by atoms with van der Waals surface area (Å²) in [5, 5.41) is 9.22. The molecule has 1 N–H and O–H groups in total. The fourth-order valence-corrected chi connectivity index (χ4v) is 2.48. The predicted molar refractivity (Wildman–Crippen MR) is 71.7 cm³/mol. The number of benzene rings is 2. The molecule has 0 fully saturated rings. The summed E-state index contributed by atoms with van der Waals surface area (Å²) in [6, 6.07) is 13.8. The second-order valence-electron chi connectivity index (χ2n) is 4.65. The molecule has 0 saturated carbocycles. The first kappa shape index (κ1) is 12.4. The number of carbonyl (C=O) groups excluding carboxylic acids is 1. The van der Waals surface area contributed by atoms with Crippen molar-refractivity contribution in [3.63, 3.8) is 0 Å². The van der Waals surface area contributed by atoms with E-state index in [1.807, 2.05) is 12.1 Å². The maximum atomic E-state index is 12.0. The molecular formula is C16H12O4. The normalized spacial score (nSPS) is 17.2. The molecule has 4 heteroatoms. The fraction of sp³-hybridized carbons (Fsp3) is 0.125. The highest BCUT2D eigenvalue weighted by Crippen LogP contribution is 2.32. The van der Waals surface area contributed by atoms with E-state index in [0.717, 1.165) is 5.56 Å². The molecule has 4 nitrogen and oxygen atoms in total. The average molecular weight is 268 g/mol. The largest absolute Gasteiger partial charge is 0.478 e. The van der Waals surface area contributed by atoms with Crippen molar-refractivity contribution < 1.29 is 19.4 Å². The van der Waals surface area contributed by atoms with E-state index in [4.69, 9.17) is 4.74 Å². The molecule has 20 heavy (non-hydrogen) atoms. The van der Waals surface area contributed by atoms with E-state index in [-0.39, 0.29) is 5.56 Å². The van der Waals surface area contributed by atoms with Gasteiger partial charge in [0, 0.05) is 12.0 Å². The number of hydrogen-bond donors (Lipinski definition) is 1. The van der Waals surface area contributed by atoms with Crippen LogP contribution in [-0.4, -0.2) is 17.0 Å². The molecule has 100 valence electrons. The molecule has 0 aliphatic carbocycles. The minimum Gasteiger partial charge on any atom is -0.478 e. The van der Waals surface area contributed by atoms with Crippen LogP contribution in [-0.2, 0) is 11.2 Å². The minimum atomic E-state index is -1.02. The molecule has 2 aromatic rings. The Labute approximate surface area is 115 Å². The van der Waals surface area contributed by atoms with Gasteiger partial charge in [0.25, 0.3) is 0 Å². The predicted octanol–water partition coefficient (Wildman–Crippen LogP) is 2.84. The first-order chi connectivity index (χ1) is 9.66. The number of carbonyl (C=O) groups is 2. The van der Waals surface area contributed by atoms with Crippen molar-refractivity contribution in [1.82, 2.24) is 0 Å². The number of hydrogen-bond acceptors (Lipinski definition) is 3. The molecule has 0 saturated heterocycles. The molecule has 0 spiro atoms. The zero-order chi connectivity index (χ0) is 14.1. The maximum absolute atomic E-state index is 12.0. The summed E-state index contributed by atoms with van der Waals surface area (Å²) in [5.74, 6) is -1.42. The summed E-state index contributed by atoms with van der Waals surface area (Å²) < 4.78 is 5.39.